The number of piperidine rings is 2. The zero-order valence-corrected chi connectivity index (χ0v) is 22.8. The minimum Gasteiger partial charge on any atom is -0.489 e. The summed E-state index contributed by atoms with van der Waals surface area (Å²) in [6, 6.07) is 13.3. The minimum atomic E-state index is -0.997. The quantitative estimate of drug-likeness (QED) is 0.412. The molecule has 40 heavy (non-hydrogen) atoms. The maximum absolute atomic E-state index is 13.4. The van der Waals surface area contributed by atoms with Crippen molar-refractivity contribution in [3.05, 3.63) is 71.6 Å². The molecule has 0 aliphatic carbocycles. The van der Waals surface area contributed by atoms with Crippen LogP contribution in [0.5, 0.6) is 5.75 Å². The van der Waals surface area contributed by atoms with Crippen molar-refractivity contribution in [2.45, 2.75) is 50.8 Å². The van der Waals surface area contributed by atoms with Crippen LogP contribution in [-0.4, -0.2) is 67.2 Å². The summed E-state index contributed by atoms with van der Waals surface area (Å²) in [6.07, 6.45) is 5.04. The molecule has 2 saturated heterocycles. The van der Waals surface area contributed by atoms with Crippen LogP contribution in [0.4, 0.5) is 9.18 Å². The molecule has 2 aromatic carbocycles. The molecule has 0 atom stereocenters. The van der Waals surface area contributed by atoms with Gasteiger partial charge in [-0.3, -0.25) is 9.59 Å². The Bertz CT molecular complexity index is 1170. The Kier molecular flexibility index (Phi) is 10.1. The minimum absolute atomic E-state index is 0.0684. The van der Waals surface area contributed by atoms with E-state index in [9.17, 15) is 18.8 Å². The average molecular weight is 553 g/mol. The van der Waals surface area contributed by atoms with Crippen molar-refractivity contribution in [3.63, 3.8) is 0 Å². The van der Waals surface area contributed by atoms with E-state index in [-0.39, 0.29) is 29.8 Å². The third kappa shape index (κ3) is 8.05. The largest absolute Gasteiger partial charge is 0.489 e. The first-order valence-corrected chi connectivity index (χ1v) is 13.8. The number of hydrogen-bond donors (Lipinski definition) is 3. The lowest BCUT2D eigenvalue weighted by atomic mass is 9.86. The van der Waals surface area contributed by atoms with Crippen LogP contribution in [-0.2, 0) is 20.9 Å². The van der Waals surface area contributed by atoms with Crippen molar-refractivity contribution in [2.75, 3.05) is 32.8 Å². The number of benzene rings is 2. The van der Waals surface area contributed by atoms with Gasteiger partial charge in [-0.2, -0.15) is 0 Å². The molecule has 0 radical (unpaired) electrons. The highest BCUT2D eigenvalue weighted by atomic mass is 19.1. The zero-order valence-electron chi connectivity index (χ0n) is 22.8. The van der Waals surface area contributed by atoms with Gasteiger partial charge in [-0.15, -0.1) is 0 Å². The van der Waals surface area contributed by atoms with Crippen molar-refractivity contribution in [2.24, 2.45) is 0 Å². The molecule has 2 heterocycles. The lowest BCUT2D eigenvalue weighted by molar-refractivity contribution is -0.134. The Morgan fingerprint density at radius 3 is 2.38 bits per heavy atom. The monoisotopic (exact) mass is 552 g/mol. The molecular weight excluding hydrogens is 515 g/mol. The number of ether oxygens (including phenoxy) is 2. The van der Waals surface area contributed by atoms with Crippen LogP contribution in [0.2, 0.25) is 0 Å². The van der Waals surface area contributed by atoms with Crippen LogP contribution < -0.4 is 20.7 Å². The summed E-state index contributed by atoms with van der Waals surface area (Å²) in [5.74, 6) is -0.160. The van der Waals surface area contributed by atoms with E-state index < -0.39 is 5.54 Å². The lowest BCUT2D eigenvalue weighted by Gasteiger charge is -2.39. The predicted octanol–water partition coefficient (Wildman–Crippen LogP) is 3.39. The smallest absolute Gasteiger partial charge is 0.409 e. The SMILES string of the molecule is CCOC(=O)N1CCC(NC(=O)C2(NC(=O)C=Cc3ccc(OCc4ccc(F)cc4)cc3)CCNCC2)CC1. The van der Waals surface area contributed by atoms with Gasteiger partial charge in [-0.25, -0.2) is 9.18 Å². The Balaban J connectivity index is 1.29. The van der Waals surface area contributed by atoms with Gasteiger partial charge < -0.3 is 30.3 Å². The van der Waals surface area contributed by atoms with Crippen molar-refractivity contribution in [3.8, 4) is 5.75 Å². The summed E-state index contributed by atoms with van der Waals surface area (Å²) in [6.45, 7) is 4.71. The Morgan fingerprint density at radius 2 is 1.73 bits per heavy atom. The molecule has 2 aromatic rings. The normalized spacial score (nSPS) is 17.3. The highest BCUT2D eigenvalue weighted by Gasteiger charge is 2.41. The molecule has 0 saturated carbocycles. The molecule has 0 aromatic heterocycles. The van der Waals surface area contributed by atoms with Gasteiger partial charge in [-0.05, 0) is 87.2 Å². The Hall–Kier alpha value is -3.92. The predicted molar refractivity (Wildman–Crippen MR) is 149 cm³/mol. The Morgan fingerprint density at radius 1 is 1.05 bits per heavy atom. The summed E-state index contributed by atoms with van der Waals surface area (Å²) in [7, 11) is 0. The van der Waals surface area contributed by atoms with E-state index >= 15 is 0 Å². The highest BCUT2D eigenvalue weighted by molar-refractivity contribution is 5.97. The van der Waals surface area contributed by atoms with Crippen LogP contribution in [0.3, 0.4) is 0 Å². The fourth-order valence-corrected chi connectivity index (χ4v) is 4.88. The lowest BCUT2D eigenvalue weighted by Crippen LogP contribution is -2.64. The molecule has 10 heteroatoms. The maximum atomic E-state index is 13.4. The molecule has 0 spiro atoms. The second-order valence-corrected chi connectivity index (χ2v) is 10.1. The number of nitrogens with zero attached hydrogens (tertiary/aromatic N) is 1. The molecule has 214 valence electrons. The fraction of sp³-hybridized carbons (Fsp3) is 0.433. The van der Waals surface area contributed by atoms with E-state index in [4.69, 9.17) is 9.47 Å². The van der Waals surface area contributed by atoms with E-state index in [1.165, 1.54) is 18.2 Å². The molecule has 2 aliphatic rings. The first kappa shape index (κ1) is 29.1. The molecule has 2 aliphatic heterocycles. The van der Waals surface area contributed by atoms with Crippen molar-refractivity contribution in [1.82, 2.24) is 20.9 Å². The topological polar surface area (TPSA) is 109 Å². The zero-order chi connectivity index (χ0) is 28.4. The molecule has 9 nitrogen and oxygen atoms in total. The molecule has 2 fully saturated rings. The number of amides is 3. The van der Waals surface area contributed by atoms with Crippen molar-refractivity contribution < 1.29 is 28.2 Å². The second-order valence-electron chi connectivity index (χ2n) is 10.1. The summed E-state index contributed by atoms with van der Waals surface area (Å²) in [5.41, 5.74) is 0.671. The van der Waals surface area contributed by atoms with E-state index in [0.717, 1.165) is 11.1 Å². The number of carbonyl (C=O) groups is 3. The average Bonchev–Trinajstić information content (AvgIpc) is 2.97. The van der Waals surface area contributed by atoms with Gasteiger partial charge in [-0.1, -0.05) is 24.3 Å². The van der Waals surface area contributed by atoms with Gasteiger partial charge in [0.25, 0.3) is 0 Å². The number of halogens is 1. The van der Waals surface area contributed by atoms with Crippen molar-refractivity contribution >= 4 is 24.0 Å². The van der Waals surface area contributed by atoms with E-state index in [0.29, 0.717) is 70.8 Å². The van der Waals surface area contributed by atoms with Crippen molar-refractivity contribution in [1.29, 1.82) is 0 Å². The van der Waals surface area contributed by atoms with Gasteiger partial charge in [0.05, 0.1) is 6.61 Å². The third-order valence-electron chi connectivity index (χ3n) is 7.24. The van der Waals surface area contributed by atoms with E-state index in [2.05, 4.69) is 16.0 Å². The van der Waals surface area contributed by atoms with Crippen LogP contribution in [0, 0.1) is 5.82 Å². The third-order valence-corrected chi connectivity index (χ3v) is 7.24. The summed E-state index contributed by atoms with van der Waals surface area (Å²) in [5, 5.41) is 9.34. The first-order valence-electron chi connectivity index (χ1n) is 13.8. The second kappa shape index (κ2) is 13.9. The van der Waals surface area contributed by atoms with E-state index in [1.807, 2.05) is 12.1 Å². The molecule has 3 amide bonds. The molecule has 3 N–H and O–H groups in total. The van der Waals surface area contributed by atoms with Crippen LogP contribution in [0.25, 0.3) is 6.08 Å². The Labute approximate surface area is 234 Å². The number of nitrogens with one attached hydrogen (secondary N) is 3. The fourth-order valence-electron chi connectivity index (χ4n) is 4.88. The maximum Gasteiger partial charge on any atom is 0.409 e. The number of carbonyl (C=O) groups excluding carboxylic acids is 3. The van der Waals surface area contributed by atoms with Crippen LogP contribution in [0.1, 0.15) is 43.7 Å². The molecular formula is C30H37FN4O5. The van der Waals surface area contributed by atoms with Gasteiger partial charge >= 0.3 is 6.09 Å². The molecule has 0 bridgehead atoms. The number of rotatable bonds is 9. The molecule has 4 rings (SSSR count). The summed E-state index contributed by atoms with van der Waals surface area (Å²) >= 11 is 0. The highest BCUT2D eigenvalue weighted by Crippen LogP contribution is 2.21. The molecule has 0 unspecified atom stereocenters. The van der Waals surface area contributed by atoms with Crippen LogP contribution >= 0.6 is 0 Å². The van der Waals surface area contributed by atoms with Gasteiger partial charge in [0.15, 0.2) is 0 Å². The standard InChI is InChI=1S/C30H37FN4O5/c1-2-39-29(38)35-19-13-25(14-20-35)33-28(37)30(15-17-32-18-16-30)34-27(36)12-7-22-5-10-26(11-6-22)40-21-23-3-8-24(31)9-4-23/h3-12,25,32H,2,13-21H2,1H3,(H,33,37)(H,34,36). The van der Waals surface area contributed by atoms with Gasteiger partial charge in [0.1, 0.15) is 23.7 Å². The van der Waals surface area contributed by atoms with Gasteiger partial charge in [0, 0.05) is 25.2 Å². The van der Waals surface area contributed by atoms with E-state index in [1.54, 1.807) is 42.2 Å². The van der Waals surface area contributed by atoms with Gasteiger partial charge in [0.2, 0.25) is 11.8 Å². The summed E-state index contributed by atoms with van der Waals surface area (Å²) in [4.78, 5) is 39.9. The first-order chi connectivity index (χ1) is 19.4. The number of hydrogen-bond acceptors (Lipinski definition) is 6. The van der Waals surface area contributed by atoms with Crippen LogP contribution in [0.15, 0.2) is 54.6 Å². The summed E-state index contributed by atoms with van der Waals surface area (Å²) < 4.78 is 23.9. The number of likely N-dealkylation sites (tertiary alicyclic amines) is 1.